The first-order valence-corrected chi connectivity index (χ1v) is 28.5. The highest BCUT2D eigenvalue weighted by atomic mass is 16.6. The van der Waals surface area contributed by atoms with Gasteiger partial charge in [-0.2, -0.15) is 0 Å². The van der Waals surface area contributed by atoms with Gasteiger partial charge in [-0.3, -0.25) is 9.59 Å². The maximum atomic E-state index is 12.8. The molecule has 382 valence electrons. The van der Waals surface area contributed by atoms with Crippen molar-refractivity contribution >= 4 is 11.9 Å². The van der Waals surface area contributed by atoms with Gasteiger partial charge in [0.05, 0.1) is 6.61 Å². The molecule has 0 rings (SSSR count). The summed E-state index contributed by atoms with van der Waals surface area (Å²) >= 11 is 0. The van der Waals surface area contributed by atoms with Crippen LogP contribution in [-0.2, 0) is 23.8 Å². The molecular weight excluding hydrogens is 813 g/mol. The summed E-state index contributed by atoms with van der Waals surface area (Å²) < 4.78 is 17.4. The molecule has 0 aromatic heterocycles. The molecule has 66 heavy (non-hydrogen) atoms. The molecule has 0 aromatic carbocycles. The Morgan fingerprint density at radius 1 is 0.348 bits per heavy atom. The summed E-state index contributed by atoms with van der Waals surface area (Å²) in [5, 5.41) is 0. The van der Waals surface area contributed by atoms with Gasteiger partial charge in [0.2, 0.25) is 0 Å². The van der Waals surface area contributed by atoms with Gasteiger partial charge in [-0.1, -0.05) is 248 Å². The molecule has 0 heterocycles. The summed E-state index contributed by atoms with van der Waals surface area (Å²) in [6.45, 7) is 7.70. The predicted molar refractivity (Wildman–Crippen MR) is 288 cm³/mol. The molecule has 0 aliphatic heterocycles. The van der Waals surface area contributed by atoms with E-state index in [1.54, 1.807) is 0 Å². The molecule has 0 bridgehead atoms. The highest BCUT2D eigenvalue weighted by molar-refractivity contribution is 5.70. The van der Waals surface area contributed by atoms with Crippen LogP contribution in [0, 0.1) is 0 Å². The zero-order valence-corrected chi connectivity index (χ0v) is 44.0. The number of rotatable bonds is 52. The summed E-state index contributed by atoms with van der Waals surface area (Å²) in [6, 6.07) is 0. The number of hydrogen-bond donors (Lipinski definition) is 0. The van der Waals surface area contributed by atoms with E-state index in [1.807, 2.05) is 0 Å². The number of unbranched alkanes of at least 4 members (excludes halogenated alkanes) is 29. The third-order valence-corrected chi connectivity index (χ3v) is 12.2. The Bertz CT molecular complexity index is 1180. The Balaban J connectivity index is 4.33. The van der Waals surface area contributed by atoms with Crippen molar-refractivity contribution in [1.82, 2.24) is 0 Å². The van der Waals surface area contributed by atoms with Crippen LogP contribution in [0.3, 0.4) is 0 Å². The molecule has 0 aliphatic rings. The Labute approximate surface area is 410 Å². The van der Waals surface area contributed by atoms with Gasteiger partial charge in [-0.25, -0.2) is 0 Å². The fraction of sp³-hybridized carbons (Fsp3) is 0.770. The highest BCUT2D eigenvalue weighted by Crippen LogP contribution is 2.15. The minimum absolute atomic E-state index is 0.0654. The lowest BCUT2D eigenvalue weighted by atomic mass is 10.0. The van der Waals surface area contributed by atoms with Crippen molar-refractivity contribution < 1.29 is 23.8 Å². The largest absolute Gasteiger partial charge is 0.462 e. The van der Waals surface area contributed by atoms with Gasteiger partial charge in [0, 0.05) is 19.4 Å². The average molecular weight is 922 g/mol. The molecule has 0 aliphatic carbocycles. The van der Waals surface area contributed by atoms with Gasteiger partial charge in [-0.05, 0) is 89.9 Å². The van der Waals surface area contributed by atoms with E-state index in [1.165, 1.54) is 148 Å². The third-order valence-electron chi connectivity index (χ3n) is 12.2. The van der Waals surface area contributed by atoms with Crippen molar-refractivity contribution in [3.8, 4) is 0 Å². The van der Waals surface area contributed by atoms with Crippen molar-refractivity contribution in [2.24, 2.45) is 0 Å². The lowest BCUT2D eigenvalue weighted by Crippen LogP contribution is -2.30. The molecule has 0 saturated carbocycles. The molecule has 0 radical (unpaired) electrons. The molecule has 0 spiro atoms. The van der Waals surface area contributed by atoms with Gasteiger partial charge in [0.25, 0.3) is 0 Å². The maximum absolute atomic E-state index is 12.8. The predicted octanol–water partition coefficient (Wildman–Crippen LogP) is 19.5. The number of carbonyl (C=O) groups excluding carboxylic acids is 2. The number of esters is 2. The van der Waals surface area contributed by atoms with Crippen LogP contribution in [0.15, 0.2) is 72.9 Å². The zero-order valence-electron chi connectivity index (χ0n) is 44.0. The summed E-state index contributed by atoms with van der Waals surface area (Å²) in [5.41, 5.74) is 0. The molecule has 0 amide bonds. The summed E-state index contributed by atoms with van der Waals surface area (Å²) in [6.07, 6.45) is 73.5. The van der Waals surface area contributed by atoms with Gasteiger partial charge >= 0.3 is 11.9 Å². The second kappa shape index (κ2) is 56.7. The van der Waals surface area contributed by atoms with Crippen LogP contribution in [-0.4, -0.2) is 37.9 Å². The minimum atomic E-state index is -0.555. The molecule has 1 unspecified atom stereocenters. The molecule has 0 saturated heterocycles. The van der Waals surface area contributed by atoms with Gasteiger partial charge in [0.15, 0.2) is 6.10 Å². The summed E-state index contributed by atoms with van der Waals surface area (Å²) in [7, 11) is 0. The molecule has 1 atom stereocenters. The van der Waals surface area contributed by atoms with Crippen molar-refractivity contribution in [1.29, 1.82) is 0 Å². The monoisotopic (exact) mass is 921 g/mol. The van der Waals surface area contributed by atoms with Crippen LogP contribution < -0.4 is 0 Å². The third kappa shape index (κ3) is 54.0. The molecular formula is C61H108O5. The van der Waals surface area contributed by atoms with Crippen molar-refractivity contribution in [2.45, 2.75) is 284 Å². The fourth-order valence-electron chi connectivity index (χ4n) is 8.00. The molecule has 0 N–H and O–H groups in total. The van der Waals surface area contributed by atoms with Crippen LogP contribution >= 0.6 is 0 Å². The second-order valence-electron chi connectivity index (χ2n) is 18.8. The van der Waals surface area contributed by atoms with E-state index < -0.39 is 6.10 Å². The molecule has 5 heteroatoms. The van der Waals surface area contributed by atoms with E-state index in [0.717, 1.165) is 96.3 Å². The quantitative estimate of drug-likeness (QED) is 0.0346. The van der Waals surface area contributed by atoms with Crippen LogP contribution in [0.1, 0.15) is 278 Å². The number of hydrogen-bond acceptors (Lipinski definition) is 5. The fourth-order valence-corrected chi connectivity index (χ4v) is 8.00. The van der Waals surface area contributed by atoms with Crippen LogP contribution in [0.4, 0.5) is 0 Å². The van der Waals surface area contributed by atoms with E-state index in [4.69, 9.17) is 14.2 Å². The minimum Gasteiger partial charge on any atom is -0.462 e. The lowest BCUT2D eigenvalue weighted by Gasteiger charge is -2.18. The smallest absolute Gasteiger partial charge is 0.306 e. The first kappa shape index (κ1) is 63.3. The van der Waals surface area contributed by atoms with E-state index in [2.05, 4.69) is 93.7 Å². The Hall–Kier alpha value is -2.66. The van der Waals surface area contributed by atoms with Gasteiger partial charge in [-0.15, -0.1) is 0 Å². The van der Waals surface area contributed by atoms with E-state index >= 15 is 0 Å². The van der Waals surface area contributed by atoms with Crippen LogP contribution in [0.2, 0.25) is 0 Å². The summed E-state index contributed by atoms with van der Waals surface area (Å²) in [4.78, 5) is 25.5. The van der Waals surface area contributed by atoms with Crippen LogP contribution in [0.25, 0.3) is 0 Å². The SMILES string of the molecule is CC/C=C\C/C=C\C/C=C\C/C=C\C/C=C\CCCCCC(=O)OCC(COCCCCCCCCCCCCCCCCCC)OC(=O)CCCCCCC/C=C\CCCCCCCC. The van der Waals surface area contributed by atoms with Gasteiger partial charge < -0.3 is 14.2 Å². The maximum Gasteiger partial charge on any atom is 0.306 e. The van der Waals surface area contributed by atoms with E-state index in [0.29, 0.717) is 19.4 Å². The normalized spacial score (nSPS) is 12.7. The number of ether oxygens (including phenoxy) is 3. The first-order chi connectivity index (χ1) is 32.6. The standard InChI is InChI=1S/C61H108O5/c1-4-7-10-13-16-19-22-25-28-30-31-32-34-36-39-42-45-48-51-54-60(62)65-58-59(57-64-56-53-50-47-44-41-38-35-29-26-23-20-17-14-11-8-5-2)66-61(63)55-52-49-46-43-40-37-33-27-24-21-18-15-12-9-6-3/h7,10,16,19,25,27-28,31-33,36,39,59H,4-6,8-9,11-15,17-18,20-24,26,29-30,34-35,37-38,40-58H2,1-3H3/b10-7-,19-16-,28-25-,32-31-,33-27-,39-36-. The molecule has 0 fully saturated rings. The topological polar surface area (TPSA) is 61.8 Å². The molecule has 0 aromatic rings. The first-order valence-electron chi connectivity index (χ1n) is 28.5. The van der Waals surface area contributed by atoms with Crippen molar-refractivity contribution in [2.75, 3.05) is 19.8 Å². The number of carbonyl (C=O) groups is 2. The highest BCUT2D eigenvalue weighted by Gasteiger charge is 2.17. The molecule has 5 nitrogen and oxygen atoms in total. The van der Waals surface area contributed by atoms with Gasteiger partial charge in [0.1, 0.15) is 6.61 Å². The van der Waals surface area contributed by atoms with E-state index in [-0.39, 0.29) is 25.2 Å². The van der Waals surface area contributed by atoms with Crippen molar-refractivity contribution in [3.63, 3.8) is 0 Å². The van der Waals surface area contributed by atoms with Crippen molar-refractivity contribution in [3.05, 3.63) is 72.9 Å². The summed E-state index contributed by atoms with van der Waals surface area (Å²) in [5.74, 6) is -0.435. The van der Waals surface area contributed by atoms with E-state index in [9.17, 15) is 9.59 Å². The Morgan fingerprint density at radius 2 is 0.682 bits per heavy atom. The Kier molecular flexibility index (Phi) is 54.4. The Morgan fingerprint density at radius 3 is 1.12 bits per heavy atom. The average Bonchev–Trinajstić information content (AvgIpc) is 3.32. The zero-order chi connectivity index (χ0) is 47.7. The number of allylic oxidation sites excluding steroid dienone is 12. The second-order valence-corrected chi connectivity index (χ2v) is 18.8. The van der Waals surface area contributed by atoms with Crippen LogP contribution in [0.5, 0.6) is 0 Å². The lowest BCUT2D eigenvalue weighted by molar-refractivity contribution is -0.163.